The molecule has 1 N–H and O–H groups in total. The van der Waals surface area contributed by atoms with Crippen molar-refractivity contribution in [1.29, 1.82) is 0 Å². The van der Waals surface area contributed by atoms with Crippen LogP contribution in [0.3, 0.4) is 0 Å². The number of halogens is 1. The van der Waals surface area contributed by atoms with Crippen molar-refractivity contribution in [3.63, 3.8) is 0 Å². The fraction of sp³-hybridized carbons (Fsp3) is 0.308. The van der Waals surface area contributed by atoms with E-state index in [0.717, 1.165) is 0 Å². The summed E-state index contributed by atoms with van der Waals surface area (Å²) in [7, 11) is 0. The Labute approximate surface area is 121 Å². The first-order chi connectivity index (χ1) is 9.49. The SMILES string of the molecule is Cc1c(NC(=O)N2CCC=C(Cl)C2)cccc1[N+](=O)[O-]. The fourth-order valence-corrected chi connectivity index (χ4v) is 2.28. The smallest absolute Gasteiger partial charge is 0.319 e. The highest BCUT2D eigenvalue weighted by atomic mass is 35.5. The van der Waals surface area contributed by atoms with E-state index in [1.165, 1.54) is 6.07 Å². The van der Waals surface area contributed by atoms with Crippen molar-refractivity contribution in [3.8, 4) is 0 Å². The highest BCUT2D eigenvalue weighted by molar-refractivity contribution is 6.30. The Bertz CT molecular complexity index is 586. The van der Waals surface area contributed by atoms with Crippen LogP contribution in [0.5, 0.6) is 0 Å². The number of nitrogens with one attached hydrogen (secondary N) is 1. The van der Waals surface area contributed by atoms with Gasteiger partial charge in [0.1, 0.15) is 0 Å². The molecule has 1 aromatic rings. The fourth-order valence-electron chi connectivity index (χ4n) is 2.03. The molecule has 1 aliphatic heterocycles. The Balaban J connectivity index is 2.14. The van der Waals surface area contributed by atoms with E-state index in [-0.39, 0.29) is 11.7 Å². The zero-order valence-corrected chi connectivity index (χ0v) is 11.7. The molecule has 2 amide bonds. The number of rotatable bonds is 2. The van der Waals surface area contributed by atoms with Crippen LogP contribution in [0.1, 0.15) is 12.0 Å². The van der Waals surface area contributed by atoms with Gasteiger partial charge in [0, 0.05) is 17.6 Å². The Hall–Kier alpha value is -2.08. The molecule has 0 atom stereocenters. The van der Waals surface area contributed by atoms with Crippen molar-refractivity contribution in [2.75, 3.05) is 18.4 Å². The van der Waals surface area contributed by atoms with Crippen molar-refractivity contribution in [2.45, 2.75) is 13.3 Å². The first-order valence-corrected chi connectivity index (χ1v) is 6.51. The van der Waals surface area contributed by atoms with Crippen molar-refractivity contribution in [1.82, 2.24) is 4.90 Å². The molecule has 20 heavy (non-hydrogen) atoms. The summed E-state index contributed by atoms with van der Waals surface area (Å²) in [4.78, 5) is 24.1. The van der Waals surface area contributed by atoms with E-state index in [1.807, 2.05) is 6.08 Å². The molecule has 0 spiro atoms. The predicted molar refractivity (Wildman–Crippen MR) is 77.0 cm³/mol. The number of benzene rings is 1. The molecule has 2 rings (SSSR count). The van der Waals surface area contributed by atoms with Gasteiger partial charge in [-0.2, -0.15) is 0 Å². The summed E-state index contributed by atoms with van der Waals surface area (Å²) in [6, 6.07) is 4.29. The summed E-state index contributed by atoms with van der Waals surface area (Å²) < 4.78 is 0. The molecule has 0 unspecified atom stereocenters. The van der Waals surface area contributed by atoms with Gasteiger partial charge in [0.2, 0.25) is 0 Å². The third kappa shape index (κ3) is 3.08. The molecule has 0 bridgehead atoms. The minimum absolute atomic E-state index is 0.0145. The Morgan fingerprint density at radius 1 is 1.50 bits per heavy atom. The maximum atomic E-state index is 12.1. The standard InChI is InChI=1S/C13H14ClN3O3/c1-9-11(5-2-6-12(9)17(19)20)15-13(18)16-7-3-4-10(14)8-16/h2,4-6H,3,7-8H2,1H3,(H,15,18). The van der Waals surface area contributed by atoms with E-state index >= 15 is 0 Å². The molecule has 0 fully saturated rings. The summed E-state index contributed by atoms with van der Waals surface area (Å²) in [5, 5.41) is 14.2. The highest BCUT2D eigenvalue weighted by Gasteiger charge is 2.20. The molecule has 0 aliphatic carbocycles. The number of carbonyl (C=O) groups is 1. The van der Waals surface area contributed by atoms with Crippen LogP contribution >= 0.6 is 11.6 Å². The summed E-state index contributed by atoms with van der Waals surface area (Å²) in [5.41, 5.74) is 0.860. The molecule has 1 aromatic carbocycles. The highest BCUT2D eigenvalue weighted by Crippen LogP contribution is 2.25. The predicted octanol–water partition coefficient (Wildman–Crippen LogP) is 3.26. The largest absolute Gasteiger partial charge is 0.322 e. The third-order valence-corrected chi connectivity index (χ3v) is 3.41. The lowest BCUT2D eigenvalue weighted by Gasteiger charge is -2.25. The van der Waals surface area contributed by atoms with Crippen molar-refractivity contribution in [2.24, 2.45) is 0 Å². The second kappa shape index (κ2) is 5.92. The lowest BCUT2D eigenvalue weighted by atomic mass is 10.1. The van der Waals surface area contributed by atoms with E-state index in [4.69, 9.17) is 11.6 Å². The summed E-state index contributed by atoms with van der Waals surface area (Å²) in [6.45, 7) is 2.55. The van der Waals surface area contributed by atoms with Gasteiger partial charge in [-0.3, -0.25) is 10.1 Å². The van der Waals surface area contributed by atoms with E-state index in [0.29, 0.717) is 35.8 Å². The third-order valence-electron chi connectivity index (χ3n) is 3.14. The summed E-state index contributed by atoms with van der Waals surface area (Å²) in [6.07, 6.45) is 2.59. The quantitative estimate of drug-likeness (QED) is 0.672. The molecular formula is C13H14ClN3O3. The van der Waals surface area contributed by atoms with E-state index in [9.17, 15) is 14.9 Å². The Morgan fingerprint density at radius 2 is 2.25 bits per heavy atom. The number of nitro benzene ring substituents is 1. The lowest BCUT2D eigenvalue weighted by molar-refractivity contribution is -0.385. The van der Waals surface area contributed by atoms with Crippen LogP contribution in [0.4, 0.5) is 16.2 Å². The van der Waals surface area contributed by atoms with Crippen LogP contribution in [-0.2, 0) is 0 Å². The number of hydrogen-bond donors (Lipinski definition) is 1. The average Bonchev–Trinajstić information content (AvgIpc) is 2.40. The maximum absolute atomic E-state index is 12.1. The first kappa shape index (κ1) is 14.3. The lowest BCUT2D eigenvalue weighted by Crippen LogP contribution is -2.38. The number of nitro groups is 1. The van der Waals surface area contributed by atoms with Gasteiger partial charge in [0.15, 0.2) is 0 Å². The van der Waals surface area contributed by atoms with Gasteiger partial charge in [0.25, 0.3) is 5.69 Å². The number of urea groups is 1. The monoisotopic (exact) mass is 295 g/mol. The van der Waals surface area contributed by atoms with Gasteiger partial charge in [0.05, 0.1) is 22.7 Å². The number of hydrogen-bond acceptors (Lipinski definition) is 3. The number of nitrogens with zero attached hydrogens (tertiary/aromatic N) is 2. The van der Waals surface area contributed by atoms with Gasteiger partial charge >= 0.3 is 6.03 Å². The zero-order valence-electron chi connectivity index (χ0n) is 10.9. The van der Waals surface area contributed by atoms with Gasteiger partial charge in [-0.15, -0.1) is 0 Å². The molecule has 1 aliphatic rings. The van der Waals surface area contributed by atoms with Crippen LogP contribution in [0.15, 0.2) is 29.3 Å². The molecule has 0 saturated heterocycles. The second-order valence-electron chi connectivity index (χ2n) is 4.50. The average molecular weight is 296 g/mol. The van der Waals surface area contributed by atoms with Crippen LogP contribution in [0, 0.1) is 17.0 Å². The van der Waals surface area contributed by atoms with E-state index in [2.05, 4.69) is 5.32 Å². The molecule has 0 aromatic heterocycles. The molecule has 106 valence electrons. The zero-order chi connectivity index (χ0) is 14.7. The minimum atomic E-state index is -0.467. The molecule has 6 nitrogen and oxygen atoms in total. The van der Waals surface area contributed by atoms with Crippen molar-refractivity contribution < 1.29 is 9.72 Å². The van der Waals surface area contributed by atoms with Crippen LogP contribution in [-0.4, -0.2) is 28.9 Å². The van der Waals surface area contributed by atoms with E-state index in [1.54, 1.807) is 24.0 Å². The molecular weight excluding hydrogens is 282 g/mol. The maximum Gasteiger partial charge on any atom is 0.322 e. The van der Waals surface area contributed by atoms with Gasteiger partial charge in [-0.05, 0) is 19.4 Å². The number of anilines is 1. The van der Waals surface area contributed by atoms with E-state index < -0.39 is 4.92 Å². The van der Waals surface area contributed by atoms with Gasteiger partial charge < -0.3 is 10.2 Å². The Morgan fingerprint density at radius 3 is 2.90 bits per heavy atom. The molecule has 1 heterocycles. The summed E-state index contributed by atoms with van der Waals surface area (Å²) >= 11 is 5.91. The Kier molecular flexibility index (Phi) is 4.24. The topological polar surface area (TPSA) is 75.5 Å². The summed E-state index contributed by atoms with van der Waals surface area (Å²) in [5.74, 6) is 0. The van der Waals surface area contributed by atoms with Crippen molar-refractivity contribution >= 4 is 29.0 Å². The molecule has 0 saturated carbocycles. The number of amides is 2. The van der Waals surface area contributed by atoms with Crippen LogP contribution in [0.25, 0.3) is 0 Å². The molecule has 7 heteroatoms. The minimum Gasteiger partial charge on any atom is -0.319 e. The molecule has 0 radical (unpaired) electrons. The van der Waals surface area contributed by atoms with Crippen molar-refractivity contribution in [3.05, 3.63) is 45.0 Å². The second-order valence-corrected chi connectivity index (χ2v) is 4.98. The first-order valence-electron chi connectivity index (χ1n) is 6.13. The van der Waals surface area contributed by atoms with Gasteiger partial charge in [-0.25, -0.2) is 4.79 Å². The van der Waals surface area contributed by atoms with Crippen LogP contribution in [0.2, 0.25) is 0 Å². The normalized spacial score (nSPS) is 14.7. The number of carbonyl (C=O) groups excluding carboxylic acids is 1. The van der Waals surface area contributed by atoms with Gasteiger partial charge in [-0.1, -0.05) is 23.7 Å². The van der Waals surface area contributed by atoms with Crippen LogP contribution < -0.4 is 5.32 Å².